The molecule has 0 aromatic carbocycles. The van der Waals surface area contributed by atoms with Crippen LogP contribution in [-0.4, -0.2) is 0 Å². The van der Waals surface area contributed by atoms with Crippen molar-refractivity contribution >= 4 is 0 Å². The van der Waals surface area contributed by atoms with E-state index >= 15 is 0 Å². The summed E-state index contributed by atoms with van der Waals surface area (Å²) in [5.74, 6) is 0.559. The summed E-state index contributed by atoms with van der Waals surface area (Å²) in [4.78, 5) is 0. The molecule has 0 saturated carbocycles. The lowest BCUT2D eigenvalue weighted by molar-refractivity contribution is 0.747. The summed E-state index contributed by atoms with van der Waals surface area (Å²) in [6, 6.07) is 0. The topological polar surface area (TPSA) is 0 Å². The molecule has 1 atom stereocenters. The molecule has 0 aromatic heterocycles. The molecule has 0 aromatic rings. The van der Waals surface area contributed by atoms with Gasteiger partial charge in [0.2, 0.25) is 0 Å². The maximum absolute atomic E-state index is 3.65. The lowest BCUT2D eigenvalue weighted by Crippen LogP contribution is -1.82. The van der Waals surface area contributed by atoms with Gasteiger partial charge in [-0.2, -0.15) is 0 Å². The third kappa shape index (κ3) is 3.45. The Kier molecular flexibility index (Phi) is 4.01. The van der Waals surface area contributed by atoms with Crippen molar-refractivity contribution in [2.45, 2.75) is 13.3 Å². The highest BCUT2D eigenvalue weighted by atomic mass is 13.9. The van der Waals surface area contributed by atoms with Gasteiger partial charge in [-0.05, 0) is 18.4 Å². The Balaban J connectivity index is 3.38. The summed E-state index contributed by atoms with van der Waals surface area (Å²) in [7, 11) is 0. The van der Waals surface area contributed by atoms with E-state index in [9.17, 15) is 0 Å². The van der Waals surface area contributed by atoms with Gasteiger partial charge in [-0.25, -0.2) is 0 Å². The Morgan fingerprint density at radius 1 is 1.75 bits per heavy atom. The summed E-state index contributed by atoms with van der Waals surface area (Å²) in [5.41, 5.74) is 2.71. The van der Waals surface area contributed by atoms with E-state index in [-0.39, 0.29) is 0 Å². The summed E-state index contributed by atoms with van der Waals surface area (Å²) in [6.45, 7) is 9.21. The van der Waals surface area contributed by atoms with E-state index in [1.165, 1.54) is 0 Å². The second-order valence-corrected chi connectivity index (χ2v) is 1.86. The van der Waals surface area contributed by atoms with Crippen molar-refractivity contribution in [3.8, 4) is 0 Å². The highest BCUT2D eigenvalue weighted by Crippen LogP contribution is 2.01. The quantitative estimate of drug-likeness (QED) is 0.385. The Hall–Kier alpha value is -0.740. The Bertz CT molecular complexity index is 105. The summed E-state index contributed by atoms with van der Waals surface area (Å²) >= 11 is 0. The minimum atomic E-state index is 0.559. The van der Waals surface area contributed by atoms with Crippen LogP contribution in [0.1, 0.15) is 13.3 Å². The molecule has 8 heavy (non-hydrogen) atoms. The lowest BCUT2D eigenvalue weighted by Gasteiger charge is -1.95. The molecule has 0 rings (SSSR count). The van der Waals surface area contributed by atoms with Crippen molar-refractivity contribution in [1.29, 1.82) is 0 Å². The van der Waals surface area contributed by atoms with E-state index in [0.717, 1.165) is 6.42 Å². The van der Waals surface area contributed by atoms with E-state index in [1.54, 1.807) is 0 Å². The van der Waals surface area contributed by atoms with Crippen molar-refractivity contribution in [3.63, 3.8) is 0 Å². The zero-order valence-corrected chi connectivity index (χ0v) is 5.35. The predicted octanol–water partition coefficient (Wildman–Crippen LogP) is 2.54. The number of hydrogen-bond acceptors (Lipinski definition) is 0. The molecule has 0 bridgehead atoms. The van der Waals surface area contributed by atoms with Gasteiger partial charge in [0.1, 0.15) is 0 Å². The van der Waals surface area contributed by atoms with Gasteiger partial charge in [0.15, 0.2) is 0 Å². The van der Waals surface area contributed by atoms with Gasteiger partial charge in [-0.15, -0.1) is 12.3 Å². The maximum atomic E-state index is 3.65. The van der Waals surface area contributed by atoms with Gasteiger partial charge >= 0.3 is 0 Å². The molecule has 0 nitrogen and oxygen atoms in total. The highest BCUT2D eigenvalue weighted by Gasteiger charge is 1.87. The van der Waals surface area contributed by atoms with Gasteiger partial charge in [-0.3, -0.25) is 0 Å². The fourth-order valence-electron chi connectivity index (χ4n) is 0.365. The van der Waals surface area contributed by atoms with E-state index in [1.807, 2.05) is 12.2 Å². The van der Waals surface area contributed by atoms with Gasteiger partial charge < -0.3 is 0 Å². The van der Waals surface area contributed by atoms with Gasteiger partial charge in [0, 0.05) is 0 Å². The van der Waals surface area contributed by atoms with Crippen LogP contribution in [0.4, 0.5) is 0 Å². The van der Waals surface area contributed by atoms with Gasteiger partial charge in [-0.1, -0.05) is 19.6 Å². The zero-order valence-electron chi connectivity index (χ0n) is 5.35. The molecule has 0 spiro atoms. The number of hydrogen-bond donors (Lipinski definition) is 0. The minimum Gasteiger partial charge on any atom is -0.133 e. The van der Waals surface area contributed by atoms with Crippen molar-refractivity contribution in [3.05, 3.63) is 31.0 Å². The Morgan fingerprint density at radius 3 is 2.75 bits per heavy atom. The molecule has 0 amide bonds. The fraction of sp³-hybridized carbons (Fsp3) is 0.375. The largest absolute Gasteiger partial charge is 0.133 e. The minimum absolute atomic E-state index is 0.559. The van der Waals surface area contributed by atoms with Crippen LogP contribution < -0.4 is 0 Å². The lowest BCUT2D eigenvalue weighted by atomic mass is 10.1. The van der Waals surface area contributed by atoms with E-state index in [2.05, 4.69) is 25.8 Å². The van der Waals surface area contributed by atoms with Gasteiger partial charge in [0.05, 0.1) is 0 Å². The zero-order chi connectivity index (χ0) is 6.41. The summed E-state index contributed by atoms with van der Waals surface area (Å²) < 4.78 is 0. The molecule has 0 aliphatic carbocycles. The second kappa shape index (κ2) is 4.42. The molecule has 0 fully saturated rings. The SMILES string of the molecule is C=C=CCC(C)C=C. The van der Waals surface area contributed by atoms with Crippen LogP contribution in [0.15, 0.2) is 31.0 Å². The normalized spacial score (nSPS) is 11.6. The van der Waals surface area contributed by atoms with Crippen LogP contribution >= 0.6 is 0 Å². The van der Waals surface area contributed by atoms with Gasteiger partial charge in [0.25, 0.3) is 0 Å². The molecule has 0 heterocycles. The van der Waals surface area contributed by atoms with E-state index in [0.29, 0.717) is 5.92 Å². The standard InChI is InChI=1S/C8H12/c1-4-6-7-8(3)5-2/h5-6,8H,1-2,7H2,3H3. The van der Waals surface area contributed by atoms with Crippen LogP contribution in [0.5, 0.6) is 0 Å². The summed E-state index contributed by atoms with van der Waals surface area (Å²) in [6.07, 6.45) is 4.85. The van der Waals surface area contributed by atoms with E-state index in [4.69, 9.17) is 0 Å². The van der Waals surface area contributed by atoms with Crippen LogP contribution in [0.25, 0.3) is 0 Å². The summed E-state index contributed by atoms with van der Waals surface area (Å²) in [5, 5.41) is 0. The van der Waals surface area contributed by atoms with Crippen molar-refractivity contribution in [2.24, 2.45) is 5.92 Å². The van der Waals surface area contributed by atoms with Crippen LogP contribution in [-0.2, 0) is 0 Å². The molecular formula is C8H12. The number of allylic oxidation sites excluding steroid dienone is 2. The molecule has 0 aliphatic heterocycles. The van der Waals surface area contributed by atoms with Crippen molar-refractivity contribution < 1.29 is 0 Å². The first-order valence-corrected chi connectivity index (χ1v) is 2.78. The highest BCUT2D eigenvalue weighted by molar-refractivity contribution is 4.84. The third-order valence-electron chi connectivity index (χ3n) is 1.04. The first kappa shape index (κ1) is 7.26. The average molecular weight is 108 g/mol. The molecule has 0 aliphatic rings. The molecule has 0 N–H and O–H groups in total. The maximum Gasteiger partial charge on any atom is -0.0214 e. The first-order valence-electron chi connectivity index (χ1n) is 2.78. The molecule has 1 unspecified atom stereocenters. The van der Waals surface area contributed by atoms with Crippen molar-refractivity contribution in [1.82, 2.24) is 0 Å². The van der Waals surface area contributed by atoms with E-state index < -0.39 is 0 Å². The second-order valence-electron chi connectivity index (χ2n) is 1.86. The number of rotatable bonds is 3. The first-order chi connectivity index (χ1) is 3.81. The molecule has 44 valence electrons. The smallest absolute Gasteiger partial charge is 0.0214 e. The van der Waals surface area contributed by atoms with Crippen LogP contribution in [0.2, 0.25) is 0 Å². The van der Waals surface area contributed by atoms with Crippen LogP contribution in [0, 0.1) is 5.92 Å². The van der Waals surface area contributed by atoms with Crippen LogP contribution in [0.3, 0.4) is 0 Å². The monoisotopic (exact) mass is 108 g/mol. The average Bonchev–Trinajstić information content (AvgIpc) is 1.83. The molecule has 0 heteroatoms. The fourth-order valence-corrected chi connectivity index (χ4v) is 0.365. The molecular weight excluding hydrogens is 96.1 g/mol. The van der Waals surface area contributed by atoms with Crippen molar-refractivity contribution in [2.75, 3.05) is 0 Å². The molecule has 0 saturated heterocycles. The molecule has 0 radical (unpaired) electrons. The Morgan fingerprint density at radius 2 is 2.38 bits per heavy atom. The third-order valence-corrected chi connectivity index (χ3v) is 1.04. The Labute approximate surface area is 51.2 Å². The predicted molar refractivity (Wildman–Crippen MR) is 37.7 cm³/mol.